The summed E-state index contributed by atoms with van der Waals surface area (Å²) in [6.45, 7) is 2.23. The van der Waals surface area contributed by atoms with E-state index in [1.165, 1.54) is 44.9 Å². The maximum absolute atomic E-state index is 12.0. The fraction of sp³-hybridized carbons (Fsp3) is 0.889. The molecule has 1 fully saturated rings. The molecule has 0 amide bonds. The number of hydrogen-bond donors (Lipinski definition) is 0. The smallest absolute Gasteiger partial charge is 0.135 e. The molecule has 0 radical (unpaired) electrons. The van der Waals surface area contributed by atoms with Crippen LogP contribution in [-0.4, -0.2) is 12.1 Å². The molecule has 0 bridgehead atoms. The molecule has 1 saturated carbocycles. The zero-order chi connectivity index (χ0) is 14.6. The monoisotopic (exact) mass is 280 g/mol. The van der Waals surface area contributed by atoms with Gasteiger partial charge in [0.25, 0.3) is 0 Å². The minimum absolute atomic E-state index is 0.119. The molecule has 0 heterocycles. The molecular formula is C18H32O2. The highest BCUT2D eigenvalue weighted by Gasteiger charge is 2.23. The Morgan fingerprint density at radius 3 is 2.60 bits per heavy atom. The first-order valence-electron chi connectivity index (χ1n) is 8.76. The highest BCUT2D eigenvalue weighted by molar-refractivity contribution is 5.81. The summed E-state index contributed by atoms with van der Waals surface area (Å²) in [7, 11) is 0. The maximum Gasteiger partial charge on any atom is 0.135 e. The molecule has 2 heteroatoms. The lowest BCUT2D eigenvalue weighted by atomic mass is 9.86. The summed E-state index contributed by atoms with van der Waals surface area (Å²) in [5.41, 5.74) is 0. The van der Waals surface area contributed by atoms with Crippen molar-refractivity contribution in [3.05, 3.63) is 0 Å². The number of carbonyl (C=O) groups is 2. The normalized spacial score (nSPS) is 21.4. The molecule has 0 aliphatic heterocycles. The van der Waals surface area contributed by atoms with Gasteiger partial charge in [0.15, 0.2) is 0 Å². The van der Waals surface area contributed by atoms with Crippen molar-refractivity contribution in [3.8, 4) is 0 Å². The molecule has 0 spiro atoms. The number of carbonyl (C=O) groups excluding carboxylic acids is 2. The lowest BCUT2D eigenvalue weighted by molar-refractivity contribution is -0.123. The molecule has 0 aromatic heterocycles. The number of rotatable bonds is 10. The molecule has 1 aliphatic carbocycles. The molecule has 1 rings (SSSR count). The first-order valence-corrected chi connectivity index (χ1v) is 8.76. The number of Topliss-reactive ketones (excluding diaryl/α,β-unsaturated/α-hetero) is 1. The summed E-state index contributed by atoms with van der Waals surface area (Å²) in [4.78, 5) is 23.2. The Labute approximate surface area is 124 Å². The van der Waals surface area contributed by atoms with Crippen molar-refractivity contribution in [2.75, 3.05) is 0 Å². The standard InChI is InChI=1S/C18H32O2/c1-2-3-4-5-6-8-11-16(15-19)14-17-12-9-7-10-13-18(17)20/h15-17H,2-14H2,1H3. The summed E-state index contributed by atoms with van der Waals surface area (Å²) in [6, 6.07) is 0. The number of aldehydes is 1. The molecule has 1 aliphatic rings. The Hall–Kier alpha value is -0.660. The van der Waals surface area contributed by atoms with Gasteiger partial charge >= 0.3 is 0 Å². The largest absolute Gasteiger partial charge is 0.303 e. The average Bonchev–Trinajstić information content (AvgIpc) is 2.66. The van der Waals surface area contributed by atoms with Crippen LogP contribution in [0.5, 0.6) is 0 Å². The van der Waals surface area contributed by atoms with Crippen LogP contribution in [0, 0.1) is 11.8 Å². The van der Waals surface area contributed by atoms with Crippen molar-refractivity contribution in [1.82, 2.24) is 0 Å². The van der Waals surface area contributed by atoms with E-state index in [1.807, 2.05) is 0 Å². The zero-order valence-electron chi connectivity index (χ0n) is 13.2. The Kier molecular flexibility index (Phi) is 9.61. The minimum atomic E-state index is 0.119. The third-order valence-corrected chi connectivity index (χ3v) is 4.64. The Morgan fingerprint density at radius 1 is 1.10 bits per heavy atom. The molecule has 0 N–H and O–H groups in total. The lowest BCUT2D eigenvalue weighted by Crippen LogP contribution is -2.18. The van der Waals surface area contributed by atoms with Gasteiger partial charge in [-0.05, 0) is 25.7 Å². The van der Waals surface area contributed by atoms with Crippen LogP contribution in [0.15, 0.2) is 0 Å². The van der Waals surface area contributed by atoms with E-state index in [2.05, 4.69) is 6.92 Å². The van der Waals surface area contributed by atoms with Gasteiger partial charge in [0.05, 0.1) is 0 Å². The van der Waals surface area contributed by atoms with Crippen LogP contribution in [0.1, 0.15) is 90.4 Å². The number of ketones is 1. The minimum Gasteiger partial charge on any atom is -0.303 e. The zero-order valence-corrected chi connectivity index (χ0v) is 13.2. The highest BCUT2D eigenvalue weighted by Crippen LogP contribution is 2.27. The van der Waals surface area contributed by atoms with E-state index in [4.69, 9.17) is 0 Å². The fourth-order valence-electron chi connectivity index (χ4n) is 3.27. The number of unbranched alkanes of at least 4 members (excludes halogenated alkanes) is 5. The summed E-state index contributed by atoms with van der Waals surface area (Å²) < 4.78 is 0. The second-order valence-electron chi connectivity index (χ2n) is 6.45. The quantitative estimate of drug-likeness (QED) is 0.317. The summed E-state index contributed by atoms with van der Waals surface area (Å²) in [5.74, 6) is 0.707. The third kappa shape index (κ3) is 7.21. The molecule has 2 unspecified atom stereocenters. The van der Waals surface area contributed by atoms with Crippen molar-refractivity contribution in [2.24, 2.45) is 11.8 Å². The van der Waals surface area contributed by atoms with Crippen LogP contribution < -0.4 is 0 Å². The van der Waals surface area contributed by atoms with E-state index in [9.17, 15) is 9.59 Å². The van der Waals surface area contributed by atoms with E-state index in [1.54, 1.807) is 0 Å². The van der Waals surface area contributed by atoms with Gasteiger partial charge in [-0.25, -0.2) is 0 Å². The Bertz CT molecular complexity index is 273. The molecule has 20 heavy (non-hydrogen) atoms. The van der Waals surface area contributed by atoms with E-state index in [-0.39, 0.29) is 11.8 Å². The van der Waals surface area contributed by atoms with Gasteiger partial charge in [0.1, 0.15) is 12.1 Å². The first kappa shape index (κ1) is 17.4. The van der Waals surface area contributed by atoms with Crippen LogP contribution >= 0.6 is 0 Å². The molecule has 0 saturated heterocycles. The Morgan fingerprint density at radius 2 is 1.85 bits per heavy atom. The van der Waals surface area contributed by atoms with E-state index < -0.39 is 0 Å². The predicted octanol–water partition coefficient (Wildman–Crippen LogP) is 5.09. The molecule has 0 aromatic carbocycles. The second-order valence-corrected chi connectivity index (χ2v) is 6.45. The average molecular weight is 280 g/mol. The first-order chi connectivity index (χ1) is 9.77. The SMILES string of the molecule is CCCCCCCCC(C=O)CC1CCCCCC1=O. The second kappa shape index (κ2) is 11.0. The van der Waals surface area contributed by atoms with Crippen molar-refractivity contribution in [1.29, 1.82) is 0 Å². The molecule has 116 valence electrons. The van der Waals surface area contributed by atoms with Crippen molar-refractivity contribution >= 4 is 12.1 Å². The van der Waals surface area contributed by atoms with Gasteiger partial charge in [-0.15, -0.1) is 0 Å². The molecule has 2 nitrogen and oxygen atoms in total. The summed E-state index contributed by atoms with van der Waals surface area (Å²) in [6.07, 6.45) is 15.7. The predicted molar refractivity (Wildman–Crippen MR) is 83.7 cm³/mol. The van der Waals surface area contributed by atoms with Gasteiger partial charge in [-0.3, -0.25) is 4.79 Å². The van der Waals surface area contributed by atoms with E-state index in [0.29, 0.717) is 5.78 Å². The third-order valence-electron chi connectivity index (χ3n) is 4.64. The summed E-state index contributed by atoms with van der Waals surface area (Å²) in [5, 5.41) is 0. The van der Waals surface area contributed by atoms with Gasteiger partial charge < -0.3 is 4.79 Å². The van der Waals surface area contributed by atoms with Crippen LogP contribution in [-0.2, 0) is 9.59 Å². The molecular weight excluding hydrogens is 248 g/mol. The molecule has 0 aromatic rings. The van der Waals surface area contributed by atoms with Gasteiger partial charge in [-0.1, -0.05) is 58.3 Å². The van der Waals surface area contributed by atoms with Crippen LogP contribution in [0.3, 0.4) is 0 Å². The lowest BCUT2D eigenvalue weighted by Gasteiger charge is -2.17. The van der Waals surface area contributed by atoms with Crippen molar-refractivity contribution in [2.45, 2.75) is 90.4 Å². The van der Waals surface area contributed by atoms with Gasteiger partial charge in [0, 0.05) is 18.3 Å². The van der Waals surface area contributed by atoms with E-state index in [0.717, 1.165) is 44.8 Å². The van der Waals surface area contributed by atoms with Gasteiger partial charge in [-0.2, -0.15) is 0 Å². The topological polar surface area (TPSA) is 34.1 Å². The van der Waals surface area contributed by atoms with E-state index >= 15 is 0 Å². The maximum atomic E-state index is 12.0. The van der Waals surface area contributed by atoms with Gasteiger partial charge in [0.2, 0.25) is 0 Å². The Balaban J connectivity index is 2.20. The van der Waals surface area contributed by atoms with Crippen LogP contribution in [0.4, 0.5) is 0 Å². The van der Waals surface area contributed by atoms with Crippen molar-refractivity contribution < 1.29 is 9.59 Å². The van der Waals surface area contributed by atoms with Crippen LogP contribution in [0.25, 0.3) is 0 Å². The number of hydrogen-bond acceptors (Lipinski definition) is 2. The van der Waals surface area contributed by atoms with Crippen LogP contribution in [0.2, 0.25) is 0 Å². The molecule has 2 atom stereocenters. The fourth-order valence-corrected chi connectivity index (χ4v) is 3.27. The summed E-state index contributed by atoms with van der Waals surface area (Å²) >= 11 is 0. The highest BCUT2D eigenvalue weighted by atomic mass is 16.1. The van der Waals surface area contributed by atoms with Crippen molar-refractivity contribution in [3.63, 3.8) is 0 Å².